The summed E-state index contributed by atoms with van der Waals surface area (Å²) >= 11 is 1.09. The van der Waals surface area contributed by atoms with Crippen LogP contribution in [-0.4, -0.2) is 57.3 Å². The van der Waals surface area contributed by atoms with E-state index >= 15 is 0 Å². The van der Waals surface area contributed by atoms with E-state index in [1.54, 1.807) is 18.5 Å². The first kappa shape index (κ1) is 22.4. The van der Waals surface area contributed by atoms with Crippen molar-refractivity contribution in [1.82, 2.24) is 30.0 Å². The van der Waals surface area contributed by atoms with Gasteiger partial charge in [0.25, 0.3) is 0 Å². The number of rotatable bonds is 7. The Kier molecular flexibility index (Phi) is 5.71. The quantitative estimate of drug-likeness (QED) is 0.283. The second-order valence-electron chi connectivity index (χ2n) is 8.80. The highest BCUT2D eigenvalue weighted by atomic mass is 32.1. The molecule has 6 aromatic rings. The largest absolute Gasteiger partial charge is 0.491 e. The number of aromatic amines is 2. The lowest BCUT2D eigenvalue weighted by Gasteiger charge is -2.11. The zero-order valence-electron chi connectivity index (χ0n) is 19.7. The fourth-order valence-corrected chi connectivity index (χ4v) is 4.96. The van der Waals surface area contributed by atoms with Crippen LogP contribution in [0.4, 0.5) is 4.39 Å². The third-order valence-electron chi connectivity index (χ3n) is 6.03. The lowest BCUT2D eigenvalue weighted by atomic mass is 10.0. The molecule has 6 rings (SSSR count). The predicted molar refractivity (Wildman–Crippen MR) is 142 cm³/mol. The zero-order valence-corrected chi connectivity index (χ0v) is 20.6. The molecule has 0 bridgehead atoms. The van der Waals surface area contributed by atoms with Crippen molar-refractivity contribution in [3.05, 3.63) is 72.3 Å². The van der Waals surface area contributed by atoms with Crippen LogP contribution in [-0.2, 0) is 0 Å². The number of thiophene rings is 1. The second kappa shape index (κ2) is 9.18. The molecule has 2 N–H and O–H groups in total. The molecule has 1 aromatic carbocycles. The van der Waals surface area contributed by atoms with Crippen LogP contribution in [0.2, 0.25) is 0 Å². The van der Waals surface area contributed by atoms with Crippen molar-refractivity contribution < 1.29 is 9.13 Å². The van der Waals surface area contributed by atoms with Gasteiger partial charge >= 0.3 is 0 Å². The summed E-state index contributed by atoms with van der Waals surface area (Å²) in [4.78, 5) is 15.2. The van der Waals surface area contributed by atoms with E-state index in [0.29, 0.717) is 6.61 Å². The van der Waals surface area contributed by atoms with Crippen molar-refractivity contribution in [2.45, 2.75) is 0 Å². The minimum atomic E-state index is -0.230. The van der Waals surface area contributed by atoms with E-state index in [-0.39, 0.29) is 5.13 Å². The van der Waals surface area contributed by atoms with Crippen molar-refractivity contribution in [1.29, 1.82) is 0 Å². The van der Waals surface area contributed by atoms with Gasteiger partial charge in [0.15, 0.2) is 5.13 Å². The van der Waals surface area contributed by atoms with E-state index < -0.39 is 0 Å². The van der Waals surface area contributed by atoms with E-state index in [1.807, 2.05) is 50.6 Å². The minimum absolute atomic E-state index is 0.230. The Morgan fingerprint density at radius 3 is 2.67 bits per heavy atom. The number of nitrogens with zero attached hydrogens (tertiary/aromatic N) is 4. The topological polar surface area (TPSA) is 82.7 Å². The first-order valence-electron chi connectivity index (χ1n) is 11.5. The average molecular weight is 499 g/mol. The summed E-state index contributed by atoms with van der Waals surface area (Å²) in [6.07, 6.45) is 5.30. The van der Waals surface area contributed by atoms with Crippen molar-refractivity contribution in [3.8, 4) is 38.8 Å². The van der Waals surface area contributed by atoms with Gasteiger partial charge in [0, 0.05) is 40.8 Å². The number of halogens is 1. The van der Waals surface area contributed by atoms with Gasteiger partial charge in [-0.3, -0.25) is 15.1 Å². The Balaban J connectivity index is 1.37. The van der Waals surface area contributed by atoms with Crippen molar-refractivity contribution in [2.24, 2.45) is 0 Å². The molecular formula is C27H23FN6OS. The number of pyridine rings is 2. The summed E-state index contributed by atoms with van der Waals surface area (Å²) in [5.74, 6) is 0.738. The molecule has 0 aliphatic rings. The number of fused-ring (bicyclic) bond motifs is 2. The molecule has 7 nitrogen and oxygen atoms in total. The van der Waals surface area contributed by atoms with Gasteiger partial charge < -0.3 is 14.6 Å². The molecule has 0 saturated heterocycles. The Morgan fingerprint density at radius 1 is 0.944 bits per heavy atom. The van der Waals surface area contributed by atoms with Gasteiger partial charge in [-0.05, 0) is 62.1 Å². The summed E-state index contributed by atoms with van der Waals surface area (Å²) in [6.45, 7) is 1.43. The molecule has 9 heteroatoms. The maximum atomic E-state index is 13.7. The number of ether oxygens (including phenoxy) is 1. The van der Waals surface area contributed by atoms with Crippen LogP contribution in [0.25, 0.3) is 54.9 Å². The molecule has 180 valence electrons. The standard InChI is InChI=1S/C27H23FN6OS/c1-34(2)9-10-35-18-11-17(14-29-15-18)16-3-4-22-19(12-16)26(33-32-22)23-13-20-21(31-23)7-8-30-27(20)24-5-6-25(28)36-24/h3-8,11-15,31H,9-10H2,1-2H3,(H,32,33). The first-order valence-corrected chi connectivity index (χ1v) is 12.3. The molecule has 0 saturated carbocycles. The fourth-order valence-electron chi connectivity index (χ4n) is 4.22. The van der Waals surface area contributed by atoms with Crippen LogP contribution in [0.3, 0.4) is 0 Å². The molecule has 0 amide bonds. The zero-order chi connectivity index (χ0) is 24.6. The first-order chi connectivity index (χ1) is 17.5. The van der Waals surface area contributed by atoms with Crippen LogP contribution in [0, 0.1) is 5.13 Å². The highest BCUT2D eigenvalue weighted by Gasteiger charge is 2.16. The summed E-state index contributed by atoms with van der Waals surface area (Å²) in [6, 6.07) is 15.3. The van der Waals surface area contributed by atoms with Gasteiger partial charge in [-0.1, -0.05) is 6.07 Å². The van der Waals surface area contributed by atoms with Crippen molar-refractivity contribution in [3.63, 3.8) is 0 Å². The maximum absolute atomic E-state index is 13.7. The van der Waals surface area contributed by atoms with Crippen molar-refractivity contribution in [2.75, 3.05) is 27.2 Å². The van der Waals surface area contributed by atoms with Crippen molar-refractivity contribution >= 4 is 33.1 Å². The lowest BCUT2D eigenvalue weighted by Crippen LogP contribution is -2.19. The molecule has 36 heavy (non-hydrogen) atoms. The van der Waals surface area contributed by atoms with Gasteiger partial charge in [0.2, 0.25) is 0 Å². The van der Waals surface area contributed by atoms with E-state index in [9.17, 15) is 4.39 Å². The number of likely N-dealkylation sites (N-methyl/N-ethyl adjacent to an activating group) is 1. The number of H-pyrrole nitrogens is 2. The van der Waals surface area contributed by atoms with E-state index in [2.05, 4.69) is 36.1 Å². The Hall–Kier alpha value is -4.08. The van der Waals surface area contributed by atoms with Crippen LogP contribution >= 0.6 is 11.3 Å². The molecule has 0 unspecified atom stereocenters. The molecule has 0 radical (unpaired) electrons. The summed E-state index contributed by atoms with van der Waals surface area (Å²) in [7, 11) is 4.03. The number of hydrogen-bond acceptors (Lipinski definition) is 6. The number of benzene rings is 1. The molecule has 5 heterocycles. The summed E-state index contributed by atoms with van der Waals surface area (Å²) < 4.78 is 19.5. The van der Waals surface area contributed by atoms with E-state index in [4.69, 9.17) is 4.74 Å². The third kappa shape index (κ3) is 4.23. The van der Waals surface area contributed by atoms with E-state index in [1.165, 1.54) is 6.07 Å². The van der Waals surface area contributed by atoms with Crippen LogP contribution in [0.1, 0.15) is 0 Å². The molecule has 0 aliphatic carbocycles. The lowest BCUT2D eigenvalue weighted by molar-refractivity contribution is 0.261. The third-order valence-corrected chi connectivity index (χ3v) is 6.91. The van der Waals surface area contributed by atoms with Crippen LogP contribution in [0.15, 0.2) is 67.1 Å². The SMILES string of the molecule is CN(C)CCOc1cncc(-c2ccc3[nH]nc(-c4cc5c(-c6ccc(F)s6)nccc5[nH]4)c3c2)c1. The second-order valence-corrected chi connectivity index (χ2v) is 9.84. The monoisotopic (exact) mass is 498 g/mol. The maximum Gasteiger partial charge on any atom is 0.177 e. The highest BCUT2D eigenvalue weighted by Crippen LogP contribution is 2.36. The van der Waals surface area contributed by atoms with Crippen LogP contribution in [0.5, 0.6) is 5.75 Å². The number of hydrogen-bond donors (Lipinski definition) is 2. The minimum Gasteiger partial charge on any atom is -0.491 e. The molecule has 0 fully saturated rings. The smallest absolute Gasteiger partial charge is 0.177 e. The molecule has 0 atom stereocenters. The van der Waals surface area contributed by atoms with E-state index in [0.717, 1.165) is 78.5 Å². The summed E-state index contributed by atoms with van der Waals surface area (Å²) in [5.41, 5.74) is 6.25. The van der Waals surface area contributed by atoms with Gasteiger partial charge in [-0.2, -0.15) is 9.49 Å². The Morgan fingerprint density at radius 2 is 1.83 bits per heavy atom. The molecular weight excluding hydrogens is 475 g/mol. The van der Waals surface area contributed by atoms with Gasteiger partial charge in [-0.25, -0.2) is 0 Å². The molecule has 0 aliphatic heterocycles. The highest BCUT2D eigenvalue weighted by molar-refractivity contribution is 7.13. The number of aromatic nitrogens is 5. The Bertz CT molecular complexity index is 1680. The van der Waals surface area contributed by atoms with Gasteiger partial charge in [0.1, 0.15) is 18.1 Å². The van der Waals surface area contributed by atoms with Gasteiger partial charge in [-0.15, -0.1) is 11.3 Å². The van der Waals surface area contributed by atoms with Crippen LogP contribution < -0.4 is 4.74 Å². The summed E-state index contributed by atoms with van der Waals surface area (Å²) in [5, 5.41) is 9.40. The van der Waals surface area contributed by atoms with Gasteiger partial charge in [0.05, 0.1) is 28.0 Å². The average Bonchev–Trinajstić information content (AvgIpc) is 3.61. The molecule has 0 spiro atoms. The number of nitrogens with one attached hydrogen (secondary N) is 2. The fraction of sp³-hybridized carbons (Fsp3) is 0.148. The molecule has 5 aromatic heterocycles. The Labute approximate surface area is 210 Å². The normalized spacial score (nSPS) is 11.7. The predicted octanol–water partition coefficient (Wildman–Crippen LogP) is 5.98.